The van der Waals surface area contributed by atoms with Crippen LogP contribution < -0.4 is 5.32 Å². The number of carbonyl (C=O) groups excluding carboxylic acids is 1. The highest BCUT2D eigenvalue weighted by atomic mass is 35.5. The Morgan fingerprint density at radius 2 is 1.79 bits per heavy atom. The minimum absolute atomic E-state index is 0.147. The molecule has 0 unspecified atom stereocenters. The highest BCUT2D eigenvalue weighted by Crippen LogP contribution is 2.26. The molecule has 0 saturated carbocycles. The average Bonchev–Trinajstić information content (AvgIpc) is 3.44. The van der Waals surface area contributed by atoms with Crippen LogP contribution in [0.4, 0.5) is 5.69 Å². The number of thioether (sulfide) groups is 1. The Hall–Kier alpha value is -3.69. The largest absolute Gasteiger partial charge is 0.325 e. The van der Waals surface area contributed by atoms with Crippen LogP contribution in [0.25, 0.3) is 22.7 Å². The molecule has 0 atom stereocenters. The number of hydrogen-bond acceptors (Lipinski definition) is 6. The maximum absolute atomic E-state index is 12.6. The number of amides is 1. The number of aryl methyl sites for hydroxylation is 1. The molecule has 10 heteroatoms. The summed E-state index contributed by atoms with van der Waals surface area (Å²) in [4.78, 5) is 12.6. The van der Waals surface area contributed by atoms with Crippen molar-refractivity contribution in [3.63, 3.8) is 0 Å². The average molecular weight is 476 g/mol. The van der Waals surface area contributed by atoms with Crippen molar-refractivity contribution in [1.82, 2.24) is 29.8 Å². The van der Waals surface area contributed by atoms with E-state index in [9.17, 15) is 4.79 Å². The van der Waals surface area contributed by atoms with Crippen molar-refractivity contribution >= 4 is 46.0 Å². The molecule has 8 nitrogen and oxygen atoms in total. The fraction of sp³-hybridized carbons (Fsp3) is 0.0870. The summed E-state index contributed by atoms with van der Waals surface area (Å²) in [7, 11) is 0. The van der Waals surface area contributed by atoms with Gasteiger partial charge in [0.1, 0.15) is 5.52 Å². The van der Waals surface area contributed by atoms with Gasteiger partial charge >= 0.3 is 0 Å². The summed E-state index contributed by atoms with van der Waals surface area (Å²) in [6.45, 7) is 1.91. The second-order valence-electron chi connectivity index (χ2n) is 7.24. The predicted octanol–water partition coefficient (Wildman–Crippen LogP) is 4.69. The molecule has 0 bridgehead atoms. The molecule has 2 heterocycles. The summed E-state index contributed by atoms with van der Waals surface area (Å²) >= 11 is 7.44. The molecular weight excluding hydrogens is 458 g/mol. The van der Waals surface area contributed by atoms with Gasteiger partial charge in [-0.2, -0.15) is 4.68 Å². The summed E-state index contributed by atoms with van der Waals surface area (Å²) in [6, 6.07) is 22.8. The van der Waals surface area contributed by atoms with Crippen molar-refractivity contribution in [2.75, 3.05) is 11.1 Å². The van der Waals surface area contributed by atoms with Crippen LogP contribution in [0.1, 0.15) is 5.56 Å². The summed E-state index contributed by atoms with van der Waals surface area (Å²) in [6.07, 6.45) is 0. The molecule has 33 heavy (non-hydrogen) atoms. The van der Waals surface area contributed by atoms with Crippen molar-refractivity contribution in [3.8, 4) is 11.6 Å². The quantitative estimate of drug-likeness (QED) is 0.358. The van der Waals surface area contributed by atoms with Crippen molar-refractivity contribution < 1.29 is 4.79 Å². The first kappa shape index (κ1) is 21.2. The third kappa shape index (κ3) is 4.33. The van der Waals surface area contributed by atoms with Gasteiger partial charge in [-0.15, -0.1) is 15.3 Å². The molecule has 3 aromatic carbocycles. The SMILES string of the molecule is Cc1ccc(NC(=O)CSc2nnc(-n3nnc4ccccc43)n2-c2ccccc2)cc1Cl. The molecular formula is C23H18ClN7OS. The monoisotopic (exact) mass is 475 g/mol. The Balaban J connectivity index is 1.44. The van der Waals surface area contributed by atoms with Gasteiger partial charge in [-0.05, 0) is 48.9 Å². The minimum Gasteiger partial charge on any atom is -0.325 e. The number of nitrogens with one attached hydrogen (secondary N) is 1. The van der Waals surface area contributed by atoms with E-state index in [-0.39, 0.29) is 11.7 Å². The number of para-hydroxylation sites is 2. The number of nitrogens with zero attached hydrogens (tertiary/aromatic N) is 6. The van der Waals surface area contributed by atoms with Crippen molar-refractivity contribution in [2.24, 2.45) is 0 Å². The molecule has 2 aromatic heterocycles. The van der Waals surface area contributed by atoms with Crippen LogP contribution in [0, 0.1) is 6.92 Å². The van der Waals surface area contributed by atoms with Gasteiger partial charge in [0.2, 0.25) is 5.91 Å². The lowest BCUT2D eigenvalue weighted by Gasteiger charge is -2.10. The van der Waals surface area contributed by atoms with Gasteiger partial charge in [0.05, 0.1) is 17.0 Å². The van der Waals surface area contributed by atoms with Crippen molar-refractivity contribution in [3.05, 3.63) is 83.4 Å². The number of aromatic nitrogens is 6. The molecule has 164 valence electrons. The standard InChI is InChI=1S/C23H18ClN7OS/c1-15-11-12-16(13-18(15)24)25-21(32)14-33-23-28-27-22(30(23)17-7-3-2-4-8-17)31-20-10-6-5-9-19(20)26-29-31/h2-13H,14H2,1H3,(H,25,32). The number of hydrogen-bond donors (Lipinski definition) is 1. The van der Waals surface area contributed by atoms with E-state index in [1.54, 1.807) is 10.7 Å². The summed E-state index contributed by atoms with van der Waals surface area (Å²) in [5.41, 5.74) is 4.02. The highest BCUT2D eigenvalue weighted by molar-refractivity contribution is 7.99. The zero-order chi connectivity index (χ0) is 22.8. The summed E-state index contributed by atoms with van der Waals surface area (Å²) in [5.74, 6) is 0.465. The topological polar surface area (TPSA) is 90.5 Å². The lowest BCUT2D eigenvalue weighted by molar-refractivity contribution is -0.113. The molecule has 1 amide bonds. The highest BCUT2D eigenvalue weighted by Gasteiger charge is 2.20. The van der Waals surface area contributed by atoms with Crippen LogP contribution >= 0.6 is 23.4 Å². The van der Waals surface area contributed by atoms with Crippen LogP contribution in [0.2, 0.25) is 5.02 Å². The predicted molar refractivity (Wildman–Crippen MR) is 129 cm³/mol. The van der Waals surface area contributed by atoms with E-state index in [2.05, 4.69) is 25.8 Å². The van der Waals surface area contributed by atoms with Crippen LogP contribution in [0.3, 0.4) is 0 Å². The van der Waals surface area contributed by atoms with Gasteiger partial charge in [-0.25, -0.2) is 0 Å². The number of benzene rings is 3. The molecule has 0 radical (unpaired) electrons. The fourth-order valence-electron chi connectivity index (χ4n) is 3.31. The molecule has 1 N–H and O–H groups in total. The minimum atomic E-state index is -0.171. The molecule has 0 aliphatic rings. The molecule has 0 aliphatic carbocycles. The fourth-order valence-corrected chi connectivity index (χ4v) is 4.24. The smallest absolute Gasteiger partial charge is 0.259 e. The van der Waals surface area contributed by atoms with Crippen molar-refractivity contribution in [2.45, 2.75) is 12.1 Å². The van der Waals surface area contributed by atoms with E-state index >= 15 is 0 Å². The third-order valence-electron chi connectivity index (χ3n) is 4.96. The van der Waals surface area contributed by atoms with E-state index in [0.717, 1.165) is 22.3 Å². The molecule has 5 rings (SSSR count). The first-order valence-electron chi connectivity index (χ1n) is 10.1. The Bertz CT molecular complexity index is 1450. The number of halogens is 1. The van der Waals surface area contributed by atoms with Crippen LogP contribution in [0.5, 0.6) is 0 Å². The van der Waals surface area contributed by atoms with Gasteiger partial charge in [0.15, 0.2) is 5.16 Å². The number of rotatable bonds is 6. The Morgan fingerprint density at radius 1 is 1.00 bits per heavy atom. The van der Waals surface area contributed by atoms with Gasteiger partial charge in [0, 0.05) is 10.7 Å². The Morgan fingerprint density at radius 3 is 2.61 bits per heavy atom. The number of anilines is 1. The molecule has 0 saturated heterocycles. The molecule has 0 aliphatic heterocycles. The molecule has 0 fully saturated rings. The van der Waals surface area contributed by atoms with E-state index in [1.807, 2.05) is 78.2 Å². The molecule has 0 spiro atoms. The number of fused-ring (bicyclic) bond motifs is 1. The van der Waals surface area contributed by atoms with E-state index < -0.39 is 0 Å². The van der Waals surface area contributed by atoms with Crippen LogP contribution in [-0.2, 0) is 4.79 Å². The maximum Gasteiger partial charge on any atom is 0.259 e. The Labute approximate surface area is 198 Å². The first-order chi connectivity index (χ1) is 16.1. The lowest BCUT2D eigenvalue weighted by Crippen LogP contribution is -2.15. The zero-order valence-electron chi connectivity index (χ0n) is 17.5. The van der Waals surface area contributed by atoms with Gasteiger partial charge in [0.25, 0.3) is 5.95 Å². The van der Waals surface area contributed by atoms with Gasteiger partial charge in [-0.3, -0.25) is 9.36 Å². The molecule has 5 aromatic rings. The van der Waals surface area contributed by atoms with E-state index in [1.165, 1.54) is 11.8 Å². The lowest BCUT2D eigenvalue weighted by atomic mass is 10.2. The van der Waals surface area contributed by atoms with Gasteiger partial charge in [-0.1, -0.05) is 65.0 Å². The van der Waals surface area contributed by atoms with Crippen LogP contribution in [0.15, 0.2) is 78.0 Å². The Kier molecular flexibility index (Phi) is 5.80. The second kappa shape index (κ2) is 9.05. The summed E-state index contributed by atoms with van der Waals surface area (Å²) < 4.78 is 3.51. The van der Waals surface area contributed by atoms with Gasteiger partial charge < -0.3 is 5.32 Å². The number of carbonyl (C=O) groups is 1. The third-order valence-corrected chi connectivity index (χ3v) is 6.30. The van der Waals surface area contributed by atoms with E-state index in [0.29, 0.717) is 21.8 Å². The van der Waals surface area contributed by atoms with E-state index in [4.69, 9.17) is 11.6 Å². The first-order valence-corrected chi connectivity index (χ1v) is 11.5. The van der Waals surface area contributed by atoms with Crippen LogP contribution in [-0.4, -0.2) is 41.4 Å². The normalized spacial score (nSPS) is 11.1. The van der Waals surface area contributed by atoms with Crippen molar-refractivity contribution in [1.29, 1.82) is 0 Å². The zero-order valence-corrected chi connectivity index (χ0v) is 19.1. The summed E-state index contributed by atoms with van der Waals surface area (Å²) in [5, 5.41) is 21.3. The second-order valence-corrected chi connectivity index (χ2v) is 8.59. The maximum atomic E-state index is 12.6.